The van der Waals surface area contributed by atoms with Gasteiger partial charge >= 0.3 is 5.97 Å². The highest BCUT2D eigenvalue weighted by molar-refractivity contribution is 7.90. The second-order valence-electron chi connectivity index (χ2n) is 4.58. The largest absolute Gasteiger partial charge is 0.481 e. The summed E-state index contributed by atoms with van der Waals surface area (Å²) in [5, 5.41) is 12.0. The Hall–Kier alpha value is -1.40. The summed E-state index contributed by atoms with van der Waals surface area (Å²) in [4.78, 5) is 11.1. The maximum Gasteiger partial charge on any atom is 0.307 e. The summed E-state index contributed by atoms with van der Waals surface area (Å²) in [6.45, 7) is 0.420. The molecule has 0 saturated carbocycles. The van der Waals surface area contributed by atoms with E-state index in [1.54, 1.807) is 18.2 Å². The Bertz CT molecular complexity index is 567. The lowest BCUT2D eigenvalue weighted by atomic mass is 10.0. The molecule has 0 aliphatic carbocycles. The molecule has 2 unspecified atom stereocenters. The molecular formula is C12H15NO4S. The van der Waals surface area contributed by atoms with E-state index < -0.39 is 21.7 Å². The van der Waals surface area contributed by atoms with Crippen molar-refractivity contribution >= 4 is 15.8 Å². The van der Waals surface area contributed by atoms with Gasteiger partial charge in [-0.05, 0) is 24.1 Å². The minimum atomic E-state index is -3.23. The molecule has 5 nitrogen and oxygen atoms in total. The molecule has 18 heavy (non-hydrogen) atoms. The van der Waals surface area contributed by atoms with E-state index in [0.29, 0.717) is 13.0 Å². The van der Waals surface area contributed by atoms with Gasteiger partial charge in [-0.3, -0.25) is 4.79 Å². The number of nitrogens with one attached hydrogen (secondary N) is 1. The predicted molar refractivity (Wildman–Crippen MR) is 66.0 cm³/mol. The van der Waals surface area contributed by atoms with E-state index in [1.165, 1.54) is 0 Å². The minimum absolute atomic E-state index is 0.0900. The van der Waals surface area contributed by atoms with Gasteiger partial charge in [0.15, 0.2) is 9.84 Å². The summed E-state index contributed by atoms with van der Waals surface area (Å²) in [5.41, 5.74) is 0.821. The lowest BCUT2D eigenvalue weighted by Crippen LogP contribution is -2.17. The highest BCUT2D eigenvalue weighted by atomic mass is 32.2. The number of benzene rings is 1. The molecule has 1 aliphatic rings. The van der Waals surface area contributed by atoms with Gasteiger partial charge in [0.25, 0.3) is 0 Å². The van der Waals surface area contributed by atoms with Crippen molar-refractivity contribution < 1.29 is 18.3 Å². The Balaban J connectivity index is 2.23. The summed E-state index contributed by atoms with van der Waals surface area (Å²) in [6.07, 6.45) is 1.65. The lowest BCUT2D eigenvalue weighted by Gasteiger charge is -2.11. The van der Waals surface area contributed by atoms with Crippen LogP contribution in [0.3, 0.4) is 0 Å². The summed E-state index contributed by atoms with van der Waals surface area (Å²) in [5.74, 6) is -1.22. The summed E-state index contributed by atoms with van der Waals surface area (Å²) >= 11 is 0. The number of aliphatic carboxylic acids is 1. The number of carboxylic acid groups (broad SMARTS) is 1. The number of carboxylic acids is 1. The monoisotopic (exact) mass is 269 g/mol. The highest BCUT2D eigenvalue weighted by Gasteiger charge is 2.30. The lowest BCUT2D eigenvalue weighted by molar-refractivity contribution is -0.141. The Morgan fingerprint density at radius 2 is 2.17 bits per heavy atom. The first-order chi connectivity index (χ1) is 8.38. The zero-order chi connectivity index (χ0) is 13.3. The molecule has 1 heterocycles. The van der Waals surface area contributed by atoms with Gasteiger partial charge < -0.3 is 10.4 Å². The van der Waals surface area contributed by atoms with Gasteiger partial charge in [-0.25, -0.2) is 8.42 Å². The van der Waals surface area contributed by atoms with Crippen molar-refractivity contribution in [1.29, 1.82) is 0 Å². The Labute approximate surface area is 106 Å². The zero-order valence-corrected chi connectivity index (χ0v) is 10.8. The quantitative estimate of drug-likeness (QED) is 0.849. The van der Waals surface area contributed by atoms with Crippen molar-refractivity contribution in [3.05, 3.63) is 29.8 Å². The predicted octanol–water partition coefficient (Wildman–Crippen LogP) is 0.825. The third kappa shape index (κ3) is 2.70. The van der Waals surface area contributed by atoms with Crippen LogP contribution in [0, 0.1) is 5.92 Å². The van der Waals surface area contributed by atoms with Crippen LogP contribution in [0.1, 0.15) is 18.0 Å². The minimum Gasteiger partial charge on any atom is -0.481 e. The van der Waals surface area contributed by atoms with Gasteiger partial charge in [0.1, 0.15) is 0 Å². The third-order valence-corrected chi connectivity index (χ3v) is 4.28. The molecule has 1 fully saturated rings. The Morgan fingerprint density at radius 1 is 1.44 bits per heavy atom. The van der Waals surface area contributed by atoms with Gasteiger partial charge in [0.2, 0.25) is 0 Å². The van der Waals surface area contributed by atoms with E-state index in [9.17, 15) is 13.2 Å². The first-order valence-electron chi connectivity index (χ1n) is 5.64. The van der Waals surface area contributed by atoms with Crippen LogP contribution >= 0.6 is 0 Å². The summed E-state index contributed by atoms with van der Waals surface area (Å²) in [6, 6.07) is 6.56. The Kier molecular flexibility index (Phi) is 3.41. The fourth-order valence-electron chi connectivity index (χ4n) is 2.14. The van der Waals surface area contributed by atoms with E-state index in [2.05, 4.69) is 5.32 Å². The average molecular weight is 269 g/mol. The van der Waals surface area contributed by atoms with E-state index in [4.69, 9.17) is 5.11 Å². The van der Waals surface area contributed by atoms with Gasteiger partial charge in [0.05, 0.1) is 10.8 Å². The standard InChI is InChI=1S/C12H15NO4S/c1-18(16,17)10-4-2-3-8(5-10)11-6-9(7-13-11)12(14)15/h2-5,9,11,13H,6-7H2,1H3,(H,14,15). The molecule has 1 aromatic rings. The fourth-order valence-corrected chi connectivity index (χ4v) is 2.82. The first-order valence-corrected chi connectivity index (χ1v) is 7.53. The average Bonchev–Trinajstić information content (AvgIpc) is 2.77. The fraction of sp³-hybridized carbons (Fsp3) is 0.417. The molecule has 2 N–H and O–H groups in total. The molecule has 98 valence electrons. The number of hydrogen-bond donors (Lipinski definition) is 2. The normalized spacial score (nSPS) is 24.1. The topological polar surface area (TPSA) is 83.5 Å². The molecule has 0 spiro atoms. The molecule has 2 rings (SSSR count). The third-order valence-electron chi connectivity index (χ3n) is 3.17. The maximum absolute atomic E-state index is 11.5. The summed E-state index contributed by atoms with van der Waals surface area (Å²) in [7, 11) is -3.23. The van der Waals surface area contributed by atoms with E-state index in [1.807, 2.05) is 6.07 Å². The first kappa shape index (κ1) is 13.0. The molecule has 1 aliphatic heterocycles. The number of rotatable bonds is 3. The van der Waals surface area contributed by atoms with Crippen LogP contribution in [0.4, 0.5) is 0 Å². The van der Waals surface area contributed by atoms with Crippen LogP contribution in [0.15, 0.2) is 29.2 Å². The second-order valence-corrected chi connectivity index (χ2v) is 6.59. The Morgan fingerprint density at radius 3 is 2.72 bits per heavy atom. The summed E-state index contributed by atoms with van der Waals surface area (Å²) < 4.78 is 22.9. The molecule has 6 heteroatoms. The number of hydrogen-bond acceptors (Lipinski definition) is 4. The van der Waals surface area contributed by atoms with Crippen molar-refractivity contribution in [2.75, 3.05) is 12.8 Å². The molecule has 0 bridgehead atoms. The highest BCUT2D eigenvalue weighted by Crippen LogP contribution is 2.28. The van der Waals surface area contributed by atoms with E-state index in [0.717, 1.165) is 11.8 Å². The molecule has 0 aromatic heterocycles. The smallest absolute Gasteiger partial charge is 0.307 e. The van der Waals surface area contributed by atoms with Gasteiger partial charge in [0, 0.05) is 18.8 Å². The van der Waals surface area contributed by atoms with Gasteiger partial charge in [-0.1, -0.05) is 12.1 Å². The SMILES string of the molecule is CS(=O)(=O)c1cccc(C2CC(C(=O)O)CN2)c1. The molecule has 1 saturated heterocycles. The maximum atomic E-state index is 11.5. The van der Waals surface area contributed by atoms with E-state index in [-0.39, 0.29) is 10.9 Å². The van der Waals surface area contributed by atoms with Crippen LogP contribution in [-0.2, 0) is 14.6 Å². The van der Waals surface area contributed by atoms with Crippen molar-refractivity contribution in [1.82, 2.24) is 5.32 Å². The van der Waals surface area contributed by atoms with Crippen LogP contribution in [-0.4, -0.2) is 32.3 Å². The zero-order valence-electron chi connectivity index (χ0n) is 9.96. The number of carbonyl (C=O) groups is 1. The molecular weight excluding hydrogens is 254 g/mol. The van der Waals surface area contributed by atoms with Crippen LogP contribution in [0.25, 0.3) is 0 Å². The van der Waals surface area contributed by atoms with Crippen LogP contribution in [0.5, 0.6) is 0 Å². The van der Waals surface area contributed by atoms with Crippen molar-refractivity contribution in [3.63, 3.8) is 0 Å². The van der Waals surface area contributed by atoms with Crippen LogP contribution in [0.2, 0.25) is 0 Å². The van der Waals surface area contributed by atoms with Crippen molar-refractivity contribution in [2.45, 2.75) is 17.4 Å². The number of sulfone groups is 1. The van der Waals surface area contributed by atoms with E-state index >= 15 is 0 Å². The molecule has 0 amide bonds. The molecule has 1 aromatic carbocycles. The van der Waals surface area contributed by atoms with Crippen LogP contribution < -0.4 is 5.32 Å². The molecule has 0 radical (unpaired) electrons. The molecule has 2 atom stereocenters. The van der Waals surface area contributed by atoms with Crippen molar-refractivity contribution in [2.24, 2.45) is 5.92 Å². The van der Waals surface area contributed by atoms with Gasteiger partial charge in [-0.15, -0.1) is 0 Å². The van der Waals surface area contributed by atoms with Gasteiger partial charge in [-0.2, -0.15) is 0 Å². The second kappa shape index (κ2) is 4.70. The van der Waals surface area contributed by atoms with Crippen molar-refractivity contribution in [3.8, 4) is 0 Å².